The molecule has 14 heavy (non-hydrogen) atoms. The molecule has 0 aliphatic rings. The van der Waals surface area contributed by atoms with E-state index in [9.17, 15) is 9.59 Å². The monoisotopic (exact) mass is 206 g/mol. The summed E-state index contributed by atoms with van der Waals surface area (Å²) >= 11 is 0. The van der Waals surface area contributed by atoms with Crippen LogP contribution in [0.15, 0.2) is 0 Å². The van der Waals surface area contributed by atoms with Gasteiger partial charge in [0.1, 0.15) is 0 Å². The van der Waals surface area contributed by atoms with Crippen LogP contribution in [0.3, 0.4) is 0 Å². The van der Waals surface area contributed by atoms with Gasteiger partial charge < -0.3 is 25.6 Å². The summed E-state index contributed by atoms with van der Waals surface area (Å²) in [6, 6.07) is -1.93. The van der Waals surface area contributed by atoms with Gasteiger partial charge in [0.2, 0.25) is 0 Å². The lowest BCUT2D eigenvalue weighted by molar-refractivity contribution is -0.140. The lowest BCUT2D eigenvalue weighted by Gasteiger charge is -2.12. The van der Waals surface area contributed by atoms with Crippen LogP contribution < -0.4 is 10.6 Å². The fourth-order valence-corrected chi connectivity index (χ4v) is 0.661. The molecule has 1 unspecified atom stereocenters. The van der Waals surface area contributed by atoms with Crippen molar-refractivity contribution in [3.05, 3.63) is 0 Å². The van der Waals surface area contributed by atoms with E-state index in [-0.39, 0.29) is 6.54 Å². The molecule has 0 bridgehead atoms. The van der Waals surface area contributed by atoms with E-state index in [0.29, 0.717) is 6.61 Å². The highest BCUT2D eigenvalue weighted by atomic mass is 16.5. The van der Waals surface area contributed by atoms with E-state index in [1.807, 2.05) is 0 Å². The number of aliphatic hydroxyl groups is 1. The van der Waals surface area contributed by atoms with Crippen molar-refractivity contribution >= 4 is 12.0 Å². The Morgan fingerprint density at radius 3 is 2.57 bits per heavy atom. The van der Waals surface area contributed by atoms with E-state index in [4.69, 9.17) is 10.2 Å². The first-order chi connectivity index (χ1) is 6.61. The zero-order chi connectivity index (χ0) is 11.0. The molecule has 0 rings (SSSR count). The highest BCUT2D eigenvalue weighted by molar-refractivity contribution is 5.82. The quantitative estimate of drug-likeness (QED) is 0.390. The van der Waals surface area contributed by atoms with Gasteiger partial charge in [0.05, 0.1) is 13.2 Å². The Labute approximate surface area is 81.1 Å². The van der Waals surface area contributed by atoms with Crippen LogP contribution in [-0.4, -0.2) is 55.1 Å². The molecule has 0 heterocycles. The maximum absolute atomic E-state index is 10.9. The van der Waals surface area contributed by atoms with Crippen molar-refractivity contribution in [2.75, 3.05) is 26.9 Å². The van der Waals surface area contributed by atoms with Crippen LogP contribution in [0.5, 0.6) is 0 Å². The predicted molar refractivity (Wildman–Crippen MR) is 46.9 cm³/mol. The third-order valence-corrected chi connectivity index (χ3v) is 1.38. The Bertz CT molecular complexity index is 197. The Balaban J connectivity index is 3.74. The molecule has 0 aromatic carbocycles. The smallest absolute Gasteiger partial charge is 0.328 e. The van der Waals surface area contributed by atoms with Crippen molar-refractivity contribution in [1.82, 2.24) is 10.6 Å². The fourth-order valence-electron chi connectivity index (χ4n) is 0.661. The maximum Gasteiger partial charge on any atom is 0.328 e. The van der Waals surface area contributed by atoms with Crippen molar-refractivity contribution in [3.63, 3.8) is 0 Å². The SMILES string of the molecule is COCCNC(=O)NC(CO)C(=O)O. The Morgan fingerprint density at radius 1 is 1.50 bits per heavy atom. The number of carbonyl (C=O) groups is 2. The molecule has 7 heteroatoms. The molecule has 0 fully saturated rings. The van der Waals surface area contributed by atoms with Crippen LogP contribution >= 0.6 is 0 Å². The van der Waals surface area contributed by atoms with E-state index >= 15 is 0 Å². The molecule has 0 aliphatic heterocycles. The van der Waals surface area contributed by atoms with Gasteiger partial charge in [0.15, 0.2) is 6.04 Å². The number of hydrogen-bond donors (Lipinski definition) is 4. The van der Waals surface area contributed by atoms with E-state index in [1.54, 1.807) is 0 Å². The summed E-state index contributed by atoms with van der Waals surface area (Å²) in [6.07, 6.45) is 0. The number of aliphatic hydroxyl groups excluding tert-OH is 1. The number of methoxy groups -OCH3 is 1. The lowest BCUT2D eigenvalue weighted by atomic mass is 10.3. The summed E-state index contributed by atoms with van der Waals surface area (Å²) in [7, 11) is 1.48. The number of carboxylic acids is 1. The number of carbonyl (C=O) groups excluding carboxylic acids is 1. The lowest BCUT2D eigenvalue weighted by Crippen LogP contribution is -2.48. The third kappa shape index (κ3) is 5.33. The van der Waals surface area contributed by atoms with Gasteiger partial charge in [0.25, 0.3) is 0 Å². The van der Waals surface area contributed by atoms with Crippen LogP contribution in [-0.2, 0) is 9.53 Å². The van der Waals surface area contributed by atoms with Crippen molar-refractivity contribution in [2.45, 2.75) is 6.04 Å². The Hall–Kier alpha value is -1.34. The number of ether oxygens (including phenoxy) is 1. The fraction of sp³-hybridized carbons (Fsp3) is 0.714. The third-order valence-electron chi connectivity index (χ3n) is 1.38. The van der Waals surface area contributed by atoms with Gasteiger partial charge in [-0.1, -0.05) is 0 Å². The first-order valence-electron chi connectivity index (χ1n) is 3.98. The topological polar surface area (TPSA) is 108 Å². The van der Waals surface area contributed by atoms with Crippen molar-refractivity contribution in [1.29, 1.82) is 0 Å². The van der Waals surface area contributed by atoms with E-state index in [0.717, 1.165) is 0 Å². The highest BCUT2D eigenvalue weighted by Crippen LogP contribution is 1.81. The molecule has 0 saturated carbocycles. The number of nitrogens with one attached hydrogen (secondary N) is 2. The van der Waals surface area contributed by atoms with Crippen LogP contribution in [0, 0.1) is 0 Å². The van der Waals surface area contributed by atoms with Crippen LogP contribution in [0.4, 0.5) is 4.79 Å². The number of urea groups is 1. The summed E-state index contributed by atoms with van der Waals surface area (Å²) in [5.41, 5.74) is 0. The predicted octanol–water partition coefficient (Wildman–Crippen LogP) is -1.62. The van der Waals surface area contributed by atoms with Crippen molar-refractivity contribution in [2.24, 2.45) is 0 Å². The number of rotatable bonds is 6. The van der Waals surface area contributed by atoms with Gasteiger partial charge in [-0.05, 0) is 0 Å². The summed E-state index contributed by atoms with van der Waals surface area (Å²) in [6.45, 7) is -0.0303. The van der Waals surface area contributed by atoms with Crippen LogP contribution in [0.25, 0.3) is 0 Å². The minimum Gasteiger partial charge on any atom is -0.480 e. The molecule has 0 aromatic heterocycles. The zero-order valence-electron chi connectivity index (χ0n) is 7.82. The van der Waals surface area contributed by atoms with Crippen LogP contribution in [0.2, 0.25) is 0 Å². The molecule has 0 radical (unpaired) electrons. The molecule has 82 valence electrons. The Kier molecular flexibility index (Phi) is 6.42. The maximum atomic E-state index is 10.9. The Morgan fingerprint density at radius 2 is 2.14 bits per heavy atom. The average molecular weight is 206 g/mol. The minimum atomic E-state index is -1.28. The van der Waals surface area contributed by atoms with Gasteiger partial charge in [0, 0.05) is 13.7 Å². The molecule has 0 saturated heterocycles. The average Bonchev–Trinajstić information content (AvgIpc) is 2.14. The van der Waals surface area contributed by atoms with Gasteiger partial charge in [-0.3, -0.25) is 0 Å². The normalized spacial score (nSPS) is 11.9. The molecule has 2 amide bonds. The largest absolute Gasteiger partial charge is 0.480 e. The van der Waals surface area contributed by atoms with E-state index in [1.165, 1.54) is 7.11 Å². The summed E-state index contributed by atoms with van der Waals surface area (Å²) in [5, 5.41) is 21.5. The van der Waals surface area contributed by atoms with Crippen LogP contribution in [0.1, 0.15) is 0 Å². The van der Waals surface area contributed by atoms with Gasteiger partial charge in [-0.25, -0.2) is 9.59 Å². The van der Waals surface area contributed by atoms with Crippen molar-refractivity contribution in [3.8, 4) is 0 Å². The zero-order valence-corrected chi connectivity index (χ0v) is 7.82. The molecule has 0 aliphatic carbocycles. The second kappa shape index (κ2) is 7.10. The highest BCUT2D eigenvalue weighted by Gasteiger charge is 2.17. The van der Waals surface area contributed by atoms with Gasteiger partial charge >= 0.3 is 12.0 Å². The van der Waals surface area contributed by atoms with Crippen molar-refractivity contribution < 1.29 is 24.5 Å². The van der Waals surface area contributed by atoms with Gasteiger partial charge in [-0.15, -0.1) is 0 Å². The first-order valence-corrected chi connectivity index (χ1v) is 3.98. The number of amides is 2. The van der Waals surface area contributed by atoms with E-state index < -0.39 is 24.6 Å². The van der Waals surface area contributed by atoms with Gasteiger partial charge in [-0.2, -0.15) is 0 Å². The summed E-state index contributed by atoms with van der Waals surface area (Å²) < 4.78 is 4.66. The van der Waals surface area contributed by atoms with E-state index in [2.05, 4.69) is 15.4 Å². The number of aliphatic carboxylic acids is 1. The second-order valence-electron chi connectivity index (χ2n) is 2.47. The summed E-state index contributed by atoms with van der Waals surface area (Å²) in [4.78, 5) is 21.3. The standard InChI is InChI=1S/C7H14N2O5/c1-14-3-2-8-7(13)9-5(4-10)6(11)12/h5,10H,2-4H2,1H3,(H,11,12)(H2,8,9,13). The molecule has 0 aromatic rings. The minimum absolute atomic E-state index is 0.278. The molecule has 0 spiro atoms. The number of hydrogen-bond acceptors (Lipinski definition) is 4. The molecular formula is C7H14N2O5. The number of carboxylic acid groups (broad SMARTS) is 1. The summed E-state index contributed by atoms with van der Waals surface area (Å²) in [5.74, 6) is -1.28. The molecule has 7 nitrogen and oxygen atoms in total. The second-order valence-corrected chi connectivity index (χ2v) is 2.47. The molecule has 1 atom stereocenters. The molecule has 4 N–H and O–H groups in total. The molecular weight excluding hydrogens is 192 g/mol. The first kappa shape index (κ1) is 12.7.